The van der Waals surface area contributed by atoms with Gasteiger partial charge in [0.2, 0.25) is 5.91 Å². The van der Waals surface area contributed by atoms with Crippen LogP contribution in [0.4, 0.5) is 10.1 Å². The molecule has 2 aromatic carbocycles. The lowest BCUT2D eigenvalue weighted by Crippen LogP contribution is -2.29. The molecule has 1 atom stereocenters. The highest BCUT2D eigenvalue weighted by molar-refractivity contribution is 5.95. The van der Waals surface area contributed by atoms with Crippen LogP contribution in [0, 0.1) is 19.7 Å². The Bertz CT molecular complexity index is 1140. The maximum absolute atomic E-state index is 13.2. The molecule has 1 N–H and O–H groups in total. The van der Waals surface area contributed by atoms with Gasteiger partial charge in [0.25, 0.3) is 0 Å². The molecule has 142 valence electrons. The van der Waals surface area contributed by atoms with Crippen molar-refractivity contribution in [2.45, 2.75) is 26.3 Å². The quantitative estimate of drug-likeness (QED) is 0.571. The average Bonchev–Trinajstić information content (AvgIpc) is 3.25. The summed E-state index contributed by atoms with van der Waals surface area (Å²) in [4.78, 5) is 17.3. The van der Waals surface area contributed by atoms with Gasteiger partial charge in [0.1, 0.15) is 23.2 Å². The van der Waals surface area contributed by atoms with Gasteiger partial charge in [-0.25, -0.2) is 14.1 Å². The van der Waals surface area contributed by atoms with Crippen LogP contribution in [-0.2, 0) is 11.2 Å². The molecule has 0 aliphatic rings. The first-order chi connectivity index (χ1) is 13.5. The Hall–Kier alpha value is -3.62. The van der Waals surface area contributed by atoms with Crippen molar-refractivity contribution in [3.8, 4) is 0 Å². The highest BCUT2D eigenvalue weighted by atomic mass is 19.1. The predicted molar refractivity (Wildman–Crippen MR) is 99.1 cm³/mol. The Morgan fingerprint density at radius 1 is 1.21 bits per heavy atom. The van der Waals surface area contributed by atoms with Gasteiger partial charge in [-0.2, -0.15) is 0 Å². The number of nitrogens with zero attached hydrogens (tertiary/aromatic N) is 5. The van der Waals surface area contributed by atoms with Gasteiger partial charge in [-0.3, -0.25) is 4.79 Å². The molecule has 0 bridgehead atoms. The molecule has 1 unspecified atom stereocenters. The molecule has 9 heteroatoms. The number of oxazole rings is 1. The number of hydrogen-bond acceptors (Lipinski definition) is 6. The van der Waals surface area contributed by atoms with Crippen LogP contribution in [0.5, 0.6) is 0 Å². The Balaban J connectivity index is 1.61. The van der Waals surface area contributed by atoms with Crippen LogP contribution in [0.15, 0.2) is 46.9 Å². The Labute approximate surface area is 159 Å². The van der Waals surface area contributed by atoms with Gasteiger partial charge in [-0.15, -0.1) is 5.10 Å². The Kier molecular flexibility index (Phi) is 4.56. The fraction of sp³-hybridized carbons (Fsp3) is 0.211. The van der Waals surface area contributed by atoms with Gasteiger partial charge in [-0.1, -0.05) is 12.1 Å². The van der Waals surface area contributed by atoms with Crippen molar-refractivity contribution in [1.29, 1.82) is 0 Å². The third-order valence-corrected chi connectivity index (χ3v) is 4.36. The first kappa shape index (κ1) is 17.8. The standard InChI is InChI=1S/C19H17FN6O2/c1-11-23-24-25-26(11)17(9-13-3-5-14(20)6-4-13)19(27)22-15-7-8-16-18(10-15)28-12(2)21-16/h3-8,10,17H,9H2,1-2H3,(H,22,27). The average molecular weight is 380 g/mol. The normalized spacial score (nSPS) is 12.2. The van der Waals surface area contributed by atoms with Crippen molar-refractivity contribution in [3.05, 3.63) is 65.6 Å². The number of anilines is 1. The second-order valence-corrected chi connectivity index (χ2v) is 6.42. The third-order valence-electron chi connectivity index (χ3n) is 4.36. The molecule has 0 fully saturated rings. The van der Waals surface area contributed by atoms with Crippen LogP contribution in [0.2, 0.25) is 0 Å². The van der Waals surface area contributed by atoms with Crippen molar-refractivity contribution < 1.29 is 13.6 Å². The SMILES string of the molecule is Cc1nc2ccc(NC(=O)C(Cc3ccc(F)cc3)n3nnnc3C)cc2o1. The summed E-state index contributed by atoms with van der Waals surface area (Å²) in [5.74, 6) is 0.426. The summed E-state index contributed by atoms with van der Waals surface area (Å²) in [6, 6.07) is 10.5. The summed E-state index contributed by atoms with van der Waals surface area (Å²) in [5.41, 5.74) is 2.67. The van der Waals surface area contributed by atoms with Crippen molar-refractivity contribution in [2.24, 2.45) is 0 Å². The second kappa shape index (κ2) is 7.18. The molecule has 0 saturated heterocycles. The van der Waals surface area contributed by atoms with Crippen LogP contribution in [0.1, 0.15) is 23.3 Å². The first-order valence-electron chi connectivity index (χ1n) is 8.66. The number of rotatable bonds is 5. The summed E-state index contributed by atoms with van der Waals surface area (Å²) < 4.78 is 20.2. The second-order valence-electron chi connectivity index (χ2n) is 6.42. The van der Waals surface area contributed by atoms with E-state index in [1.807, 2.05) is 0 Å². The first-order valence-corrected chi connectivity index (χ1v) is 8.66. The molecule has 2 aromatic heterocycles. The molecule has 0 radical (unpaired) electrons. The van der Waals surface area contributed by atoms with Crippen LogP contribution < -0.4 is 5.32 Å². The lowest BCUT2D eigenvalue weighted by molar-refractivity contribution is -0.119. The summed E-state index contributed by atoms with van der Waals surface area (Å²) in [5, 5.41) is 14.3. The van der Waals surface area contributed by atoms with E-state index in [9.17, 15) is 9.18 Å². The zero-order chi connectivity index (χ0) is 19.7. The number of carbonyl (C=O) groups is 1. The van der Waals surface area contributed by atoms with Crippen LogP contribution >= 0.6 is 0 Å². The fourth-order valence-corrected chi connectivity index (χ4v) is 3.00. The van der Waals surface area contributed by atoms with Crippen molar-refractivity contribution >= 4 is 22.7 Å². The van der Waals surface area contributed by atoms with Crippen LogP contribution in [-0.4, -0.2) is 31.1 Å². The smallest absolute Gasteiger partial charge is 0.249 e. The van der Waals surface area contributed by atoms with Gasteiger partial charge in [-0.05, 0) is 47.2 Å². The molecular weight excluding hydrogens is 363 g/mol. The number of aromatic nitrogens is 5. The predicted octanol–water partition coefficient (Wildman–Crippen LogP) is 2.99. The number of nitrogens with one attached hydrogen (secondary N) is 1. The van der Waals surface area contributed by atoms with Gasteiger partial charge in [0.05, 0.1) is 0 Å². The van der Waals surface area contributed by atoms with E-state index < -0.39 is 6.04 Å². The molecule has 0 aliphatic carbocycles. The highest BCUT2D eigenvalue weighted by Crippen LogP contribution is 2.22. The monoisotopic (exact) mass is 380 g/mol. The van der Waals surface area contributed by atoms with E-state index in [0.717, 1.165) is 11.1 Å². The molecule has 4 aromatic rings. The number of tetrazole rings is 1. The number of aryl methyl sites for hydroxylation is 2. The van der Waals surface area contributed by atoms with E-state index in [4.69, 9.17) is 4.42 Å². The fourth-order valence-electron chi connectivity index (χ4n) is 3.00. The van der Waals surface area contributed by atoms with Crippen molar-refractivity contribution in [2.75, 3.05) is 5.32 Å². The number of halogens is 1. The minimum absolute atomic E-state index is 0.296. The third kappa shape index (κ3) is 3.59. The molecule has 0 spiro atoms. The lowest BCUT2D eigenvalue weighted by atomic mass is 10.0. The van der Waals surface area contributed by atoms with E-state index in [2.05, 4.69) is 25.8 Å². The number of fused-ring (bicyclic) bond motifs is 1. The molecule has 1 amide bonds. The number of carbonyl (C=O) groups excluding carboxylic acids is 1. The maximum atomic E-state index is 13.2. The largest absolute Gasteiger partial charge is 0.441 e. The highest BCUT2D eigenvalue weighted by Gasteiger charge is 2.24. The molecule has 2 heterocycles. The number of hydrogen-bond donors (Lipinski definition) is 1. The van der Waals surface area contributed by atoms with Crippen molar-refractivity contribution in [3.63, 3.8) is 0 Å². The molecule has 28 heavy (non-hydrogen) atoms. The summed E-state index contributed by atoms with van der Waals surface area (Å²) in [6.45, 7) is 3.48. The minimum Gasteiger partial charge on any atom is -0.441 e. The molecule has 8 nitrogen and oxygen atoms in total. The number of amides is 1. The van der Waals surface area contributed by atoms with Gasteiger partial charge < -0.3 is 9.73 Å². The molecular formula is C19H17FN6O2. The zero-order valence-electron chi connectivity index (χ0n) is 15.3. The van der Waals surface area contributed by atoms with Crippen LogP contribution in [0.3, 0.4) is 0 Å². The Morgan fingerprint density at radius 2 is 2.00 bits per heavy atom. The molecule has 0 saturated carbocycles. The van der Waals surface area contributed by atoms with E-state index in [0.29, 0.717) is 29.4 Å². The van der Waals surface area contributed by atoms with Crippen LogP contribution in [0.25, 0.3) is 11.1 Å². The minimum atomic E-state index is -0.701. The lowest BCUT2D eigenvalue weighted by Gasteiger charge is -2.17. The molecule has 0 aliphatic heterocycles. The summed E-state index contributed by atoms with van der Waals surface area (Å²) in [7, 11) is 0. The Morgan fingerprint density at radius 3 is 2.71 bits per heavy atom. The topological polar surface area (TPSA) is 98.7 Å². The van der Waals surface area contributed by atoms with Crippen molar-refractivity contribution in [1.82, 2.24) is 25.2 Å². The van der Waals surface area contributed by atoms with E-state index in [1.54, 1.807) is 44.2 Å². The zero-order valence-corrected chi connectivity index (χ0v) is 15.3. The van der Waals surface area contributed by atoms with Gasteiger partial charge in [0, 0.05) is 25.1 Å². The van der Waals surface area contributed by atoms with Gasteiger partial charge >= 0.3 is 0 Å². The summed E-state index contributed by atoms with van der Waals surface area (Å²) in [6.07, 6.45) is 0.307. The summed E-state index contributed by atoms with van der Waals surface area (Å²) >= 11 is 0. The molecule has 4 rings (SSSR count). The van der Waals surface area contributed by atoms with Gasteiger partial charge in [0.15, 0.2) is 11.5 Å². The maximum Gasteiger partial charge on any atom is 0.249 e. The van der Waals surface area contributed by atoms with E-state index in [1.165, 1.54) is 16.8 Å². The number of benzene rings is 2. The van der Waals surface area contributed by atoms with E-state index >= 15 is 0 Å². The van der Waals surface area contributed by atoms with E-state index in [-0.39, 0.29) is 11.7 Å².